The Morgan fingerprint density at radius 3 is 2.56 bits per heavy atom. The Labute approximate surface area is 107 Å². The van der Waals surface area contributed by atoms with Gasteiger partial charge in [0, 0.05) is 0 Å². The van der Waals surface area contributed by atoms with Gasteiger partial charge in [0.05, 0.1) is 17.7 Å². The van der Waals surface area contributed by atoms with Gasteiger partial charge >= 0.3 is 0 Å². The average molecular weight is 247 g/mol. The largest absolute Gasteiger partial charge is 0.487 e. The molecule has 1 aromatic carbocycles. The standard InChI is InChI=1S/C15H18FNO/c1-15(2)7-5-12(6-8-15)18-14-4-3-11(10-17)9-13(14)16/h3-4,9,12H,5-8H2,1-2H3. The highest BCUT2D eigenvalue weighted by Gasteiger charge is 2.28. The normalized spacial score (nSPS) is 19.2. The van der Waals surface area contributed by atoms with Crippen molar-refractivity contribution in [1.29, 1.82) is 5.26 Å². The van der Waals surface area contributed by atoms with E-state index in [0.717, 1.165) is 25.7 Å². The van der Waals surface area contributed by atoms with Gasteiger partial charge in [0.25, 0.3) is 0 Å². The monoisotopic (exact) mass is 247 g/mol. The minimum Gasteiger partial charge on any atom is -0.487 e. The lowest BCUT2D eigenvalue weighted by Gasteiger charge is -2.34. The van der Waals surface area contributed by atoms with Crippen molar-refractivity contribution in [3.8, 4) is 11.8 Å². The molecule has 18 heavy (non-hydrogen) atoms. The van der Waals surface area contributed by atoms with E-state index in [4.69, 9.17) is 10.00 Å². The zero-order valence-electron chi connectivity index (χ0n) is 10.9. The Kier molecular flexibility index (Phi) is 3.56. The summed E-state index contributed by atoms with van der Waals surface area (Å²) < 4.78 is 19.4. The van der Waals surface area contributed by atoms with Crippen LogP contribution >= 0.6 is 0 Å². The molecule has 1 fully saturated rings. The van der Waals surface area contributed by atoms with Crippen molar-refractivity contribution < 1.29 is 9.13 Å². The van der Waals surface area contributed by atoms with Gasteiger partial charge < -0.3 is 4.74 Å². The van der Waals surface area contributed by atoms with Gasteiger partial charge in [0.2, 0.25) is 0 Å². The number of nitrogens with zero attached hydrogens (tertiary/aromatic N) is 1. The lowest BCUT2D eigenvalue weighted by atomic mass is 9.76. The summed E-state index contributed by atoms with van der Waals surface area (Å²) in [5.41, 5.74) is 0.702. The zero-order chi connectivity index (χ0) is 13.2. The van der Waals surface area contributed by atoms with Crippen LogP contribution in [0.3, 0.4) is 0 Å². The molecule has 0 spiro atoms. The van der Waals surface area contributed by atoms with Gasteiger partial charge in [-0.25, -0.2) is 4.39 Å². The van der Waals surface area contributed by atoms with Crippen molar-refractivity contribution in [2.45, 2.75) is 45.6 Å². The summed E-state index contributed by atoms with van der Waals surface area (Å²) in [6, 6.07) is 6.28. The van der Waals surface area contributed by atoms with Crippen LogP contribution in [0, 0.1) is 22.6 Å². The van der Waals surface area contributed by atoms with E-state index in [1.807, 2.05) is 6.07 Å². The van der Waals surface area contributed by atoms with Crippen LogP contribution in [0.2, 0.25) is 0 Å². The number of nitriles is 1. The number of hydrogen-bond donors (Lipinski definition) is 0. The molecule has 0 aromatic heterocycles. The van der Waals surface area contributed by atoms with Gasteiger partial charge in [-0.2, -0.15) is 5.26 Å². The van der Waals surface area contributed by atoms with Crippen LogP contribution in [0.1, 0.15) is 45.1 Å². The number of ether oxygens (including phenoxy) is 1. The molecule has 0 N–H and O–H groups in total. The Morgan fingerprint density at radius 2 is 2.00 bits per heavy atom. The molecule has 1 aliphatic carbocycles. The third-order valence-corrected chi connectivity index (χ3v) is 3.64. The molecular formula is C15H18FNO. The van der Waals surface area contributed by atoms with Crippen molar-refractivity contribution in [1.82, 2.24) is 0 Å². The fourth-order valence-corrected chi connectivity index (χ4v) is 2.34. The van der Waals surface area contributed by atoms with Gasteiger partial charge in [-0.3, -0.25) is 0 Å². The van der Waals surface area contributed by atoms with Gasteiger partial charge in [-0.05, 0) is 49.3 Å². The highest BCUT2D eigenvalue weighted by Crippen LogP contribution is 2.36. The Morgan fingerprint density at radius 1 is 1.33 bits per heavy atom. The molecular weight excluding hydrogens is 229 g/mol. The number of hydrogen-bond acceptors (Lipinski definition) is 2. The molecule has 1 saturated carbocycles. The van der Waals surface area contributed by atoms with Crippen LogP contribution in [-0.4, -0.2) is 6.10 Å². The van der Waals surface area contributed by atoms with Gasteiger partial charge in [0.1, 0.15) is 0 Å². The fraction of sp³-hybridized carbons (Fsp3) is 0.533. The summed E-state index contributed by atoms with van der Waals surface area (Å²) in [7, 11) is 0. The highest BCUT2D eigenvalue weighted by atomic mass is 19.1. The maximum atomic E-state index is 13.7. The molecule has 0 radical (unpaired) electrons. The van der Waals surface area contributed by atoms with Crippen LogP contribution < -0.4 is 4.74 Å². The summed E-state index contributed by atoms with van der Waals surface area (Å²) >= 11 is 0. The van der Waals surface area contributed by atoms with Gasteiger partial charge in [-0.1, -0.05) is 13.8 Å². The van der Waals surface area contributed by atoms with Crippen LogP contribution in [0.4, 0.5) is 4.39 Å². The summed E-state index contributed by atoms with van der Waals surface area (Å²) in [4.78, 5) is 0. The molecule has 96 valence electrons. The van der Waals surface area contributed by atoms with Crippen LogP contribution in [-0.2, 0) is 0 Å². The number of halogens is 1. The maximum absolute atomic E-state index is 13.7. The molecule has 0 heterocycles. The molecule has 2 nitrogen and oxygen atoms in total. The van der Waals surface area contributed by atoms with Gasteiger partial charge in [-0.15, -0.1) is 0 Å². The quantitative estimate of drug-likeness (QED) is 0.790. The SMILES string of the molecule is CC1(C)CCC(Oc2ccc(C#N)cc2F)CC1. The predicted octanol–water partition coefficient (Wildman–Crippen LogP) is 4.04. The smallest absolute Gasteiger partial charge is 0.166 e. The predicted molar refractivity (Wildman–Crippen MR) is 67.8 cm³/mol. The topological polar surface area (TPSA) is 33.0 Å². The molecule has 1 aromatic rings. The Bertz CT molecular complexity index is 466. The lowest BCUT2D eigenvalue weighted by molar-refractivity contribution is 0.0952. The number of rotatable bonds is 2. The summed E-state index contributed by atoms with van der Waals surface area (Å²) in [6.07, 6.45) is 4.24. The number of benzene rings is 1. The average Bonchev–Trinajstić information content (AvgIpc) is 2.34. The molecule has 0 aliphatic heterocycles. The first-order valence-electron chi connectivity index (χ1n) is 6.36. The zero-order valence-corrected chi connectivity index (χ0v) is 10.9. The second-order valence-electron chi connectivity index (χ2n) is 5.74. The molecule has 0 saturated heterocycles. The molecule has 1 aliphatic rings. The van der Waals surface area contributed by atoms with E-state index in [1.165, 1.54) is 6.07 Å². The minimum absolute atomic E-state index is 0.0976. The van der Waals surface area contributed by atoms with E-state index in [9.17, 15) is 4.39 Å². The molecule has 0 unspecified atom stereocenters. The van der Waals surface area contributed by atoms with Crippen LogP contribution in [0.5, 0.6) is 5.75 Å². The summed E-state index contributed by atoms with van der Waals surface area (Å²) in [6.45, 7) is 4.51. The van der Waals surface area contributed by atoms with Crippen molar-refractivity contribution in [2.75, 3.05) is 0 Å². The van der Waals surface area contributed by atoms with Crippen LogP contribution in [0.25, 0.3) is 0 Å². The van der Waals surface area contributed by atoms with E-state index in [-0.39, 0.29) is 11.9 Å². The molecule has 0 amide bonds. The molecule has 0 atom stereocenters. The fourth-order valence-electron chi connectivity index (χ4n) is 2.34. The van der Waals surface area contributed by atoms with Crippen molar-refractivity contribution in [3.05, 3.63) is 29.6 Å². The Hall–Kier alpha value is -1.56. The van der Waals surface area contributed by atoms with E-state index in [1.54, 1.807) is 12.1 Å². The maximum Gasteiger partial charge on any atom is 0.166 e. The summed E-state index contributed by atoms with van der Waals surface area (Å²) in [5, 5.41) is 8.67. The van der Waals surface area contributed by atoms with Crippen molar-refractivity contribution >= 4 is 0 Å². The van der Waals surface area contributed by atoms with Crippen LogP contribution in [0.15, 0.2) is 18.2 Å². The molecule has 3 heteroatoms. The third kappa shape index (κ3) is 3.01. The molecule has 0 bridgehead atoms. The van der Waals surface area contributed by atoms with E-state index >= 15 is 0 Å². The first-order valence-corrected chi connectivity index (χ1v) is 6.36. The lowest BCUT2D eigenvalue weighted by Crippen LogP contribution is -2.28. The third-order valence-electron chi connectivity index (χ3n) is 3.64. The van der Waals surface area contributed by atoms with E-state index in [0.29, 0.717) is 11.0 Å². The van der Waals surface area contributed by atoms with E-state index in [2.05, 4.69) is 13.8 Å². The minimum atomic E-state index is -0.445. The first-order chi connectivity index (χ1) is 8.50. The second kappa shape index (κ2) is 4.97. The summed E-state index contributed by atoms with van der Waals surface area (Å²) in [5.74, 6) is -0.183. The highest BCUT2D eigenvalue weighted by molar-refractivity contribution is 5.36. The van der Waals surface area contributed by atoms with Crippen molar-refractivity contribution in [3.63, 3.8) is 0 Å². The van der Waals surface area contributed by atoms with E-state index < -0.39 is 5.82 Å². The Balaban J connectivity index is 2.01. The first kappa shape index (κ1) is 12.9. The molecule has 2 rings (SSSR count). The second-order valence-corrected chi connectivity index (χ2v) is 5.74. The van der Waals surface area contributed by atoms with Crippen molar-refractivity contribution in [2.24, 2.45) is 5.41 Å². The van der Waals surface area contributed by atoms with Gasteiger partial charge in [0.15, 0.2) is 11.6 Å².